The lowest BCUT2D eigenvalue weighted by Gasteiger charge is -2.26. The Morgan fingerprint density at radius 3 is 2.28 bits per heavy atom. The van der Waals surface area contributed by atoms with Crippen molar-refractivity contribution in [2.24, 2.45) is 5.92 Å². The minimum atomic E-state index is 0.712. The van der Waals surface area contributed by atoms with Crippen molar-refractivity contribution >= 4 is 11.9 Å². The zero-order valence-corrected chi connectivity index (χ0v) is 12.8. The van der Waals surface area contributed by atoms with Gasteiger partial charge in [0.2, 0.25) is 0 Å². The Kier molecular flexibility index (Phi) is 7.14. The standard InChI is InChI=1S/C14H19NS.C2H6/c1-12(2)13-8-10-15(11-9-13)16-14-6-4-3-5-7-14;1-2/h3-8,12H,9-11H2,1-2H3;1-2H3. The van der Waals surface area contributed by atoms with Crippen molar-refractivity contribution in [2.75, 3.05) is 13.1 Å². The van der Waals surface area contributed by atoms with Crippen LogP contribution < -0.4 is 0 Å². The zero-order valence-electron chi connectivity index (χ0n) is 12.0. The molecule has 0 fully saturated rings. The van der Waals surface area contributed by atoms with Crippen molar-refractivity contribution in [3.63, 3.8) is 0 Å². The van der Waals surface area contributed by atoms with Crippen LogP contribution in [-0.4, -0.2) is 17.4 Å². The average Bonchev–Trinajstić information content (AvgIpc) is 2.43. The molecule has 100 valence electrons. The van der Waals surface area contributed by atoms with Gasteiger partial charge in [-0.1, -0.05) is 57.5 Å². The Balaban J connectivity index is 0.000000771. The Labute approximate surface area is 116 Å². The zero-order chi connectivity index (χ0) is 13.4. The van der Waals surface area contributed by atoms with E-state index in [2.05, 4.69) is 54.6 Å². The Bertz CT molecular complexity index is 357. The maximum atomic E-state index is 2.43. The number of nitrogens with zero attached hydrogens (tertiary/aromatic N) is 1. The lowest BCUT2D eigenvalue weighted by molar-refractivity contribution is 0.478. The highest BCUT2D eigenvalue weighted by Gasteiger charge is 2.14. The van der Waals surface area contributed by atoms with Crippen molar-refractivity contribution in [1.29, 1.82) is 0 Å². The minimum Gasteiger partial charge on any atom is -0.242 e. The van der Waals surface area contributed by atoms with Gasteiger partial charge >= 0.3 is 0 Å². The van der Waals surface area contributed by atoms with Crippen molar-refractivity contribution in [2.45, 2.75) is 39.0 Å². The van der Waals surface area contributed by atoms with Gasteiger partial charge in [0.1, 0.15) is 0 Å². The number of benzene rings is 1. The molecule has 0 N–H and O–H groups in total. The second kappa shape index (κ2) is 8.39. The van der Waals surface area contributed by atoms with E-state index in [1.165, 1.54) is 17.9 Å². The molecule has 2 rings (SSSR count). The summed E-state index contributed by atoms with van der Waals surface area (Å²) in [5.74, 6) is 0.712. The molecular formula is C16H25NS. The average molecular weight is 263 g/mol. The summed E-state index contributed by atoms with van der Waals surface area (Å²) in [4.78, 5) is 1.34. The SMILES string of the molecule is CC.CC(C)C1=CCN(Sc2ccccc2)CC1. The van der Waals surface area contributed by atoms with Crippen LogP contribution in [0.5, 0.6) is 0 Å². The Morgan fingerprint density at radius 2 is 1.78 bits per heavy atom. The molecule has 0 unspecified atom stereocenters. The van der Waals surface area contributed by atoms with Gasteiger partial charge in [-0.2, -0.15) is 0 Å². The van der Waals surface area contributed by atoms with E-state index in [9.17, 15) is 0 Å². The topological polar surface area (TPSA) is 3.24 Å². The van der Waals surface area contributed by atoms with Gasteiger partial charge in [-0.15, -0.1) is 0 Å². The van der Waals surface area contributed by atoms with Crippen molar-refractivity contribution in [3.05, 3.63) is 42.0 Å². The van der Waals surface area contributed by atoms with Crippen LogP contribution in [0.2, 0.25) is 0 Å². The molecule has 1 aliphatic heterocycles. The highest BCUT2D eigenvalue weighted by atomic mass is 32.2. The predicted molar refractivity (Wildman–Crippen MR) is 82.8 cm³/mol. The maximum absolute atomic E-state index is 2.43. The van der Waals surface area contributed by atoms with Crippen LogP contribution in [0.1, 0.15) is 34.1 Å². The van der Waals surface area contributed by atoms with Crippen LogP contribution in [0.25, 0.3) is 0 Å². The molecule has 1 aromatic carbocycles. The molecule has 1 heterocycles. The summed E-state index contributed by atoms with van der Waals surface area (Å²) in [6.07, 6.45) is 3.61. The van der Waals surface area contributed by atoms with Gasteiger partial charge in [-0.05, 0) is 36.4 Å². The lowest BCUT2D eigenvalue weighted by atomic mass is 9.98. The van der Waals surface area contributed by atoms with Gasteiger partial charge in [-0.3, -0.25) is 0 Å². The molecule has 1 aliphatic rings. The molecule has 0 saturated carbocycles. The number of rotatable bonds is 3. The fraction of sp³-hybridized carbons (Fsp3) is 0.500. The molecule has 0 bridgehead atoms. The summed E-state index contributed by atoms with van der Waals surface area (Å²) >= 11 is 1.87. The van der Waals surface area contributed by atoms with E-state index in [1.807, 2.05) is 25.8 Å². The first-order valence-electron chi connectivity index (χ1n) is 6.92. The molecule has 2 heteroatoms. The number of hydrogen-bond acceptors (Lipinski definition) is 2. The molecule has 0 amide bonds. The van der Waals surface area contributed by atoms with Crippen LogP contribution >= 0.6 is 11.9 Å². The lowest BCUT2D eigenvalue weighted by Crippen LogP contribution is -2.23. The van der Waals surface area contributed by atoms with Gasteiger partial charge in [0.15, 0.2) is 0 Å². The first-order chi connectivity index (χ1) is 8.75. The van der Waals surface area contributed by atoms with Crippen LogP contribution in [0.3, 0.4) is 0 Å². The summed E-state index contributed by atoms with van der Waals surface area (Å²) in [6, 6.07) is 10.6. The molecule has 0 radical (unpaired) electrons. The third-order valence-corrected chi connectivity index (χ3v) is 4.00. The van der Waals surface area contributed by atoms with E-state index in [0.29, 0.717) is 5.92 Å². The molecule has 0 aromatic heterocycles. The van der Waals surface area contributed by atoms with Crippen LogP contribution in [0.4, 0.5) is 0 Å². The monoisotopic (exact) mass is 263 g/mol. The summed E-state index contributed by atoms with van der Waals surface area (Å²) in [5, 5.41) is 0. The molecule has 0 saturated heterocycles. The second-order valence-electron chi connectivity index (χ2n) is 4.48. The quantitative estimate of drug-likeness (QED) is 0.557. The molecule has 0 spiro atoms. The van der Waals surface area contributed by atoms with Crippen LogP contribution in [0, 0.1) is 5.92 Å². The Morgan fingerprint density at radius 1 is 1.11 bits per heavy atom. The van der Waals surface area contributed by atoms with E-state index in [1.54, 1.807) is 5.57 Å². The highest BCUT2D eigenvalue weighted by molar-refractivity contribution is 7.97. The van der Waals surface area contributed by atoms with E-state index in [4.69, 9.17) is 0 Å². The van der Waals surface area contributed by atoms with Crippen LogP contribution in [0.15, 0.2) is 46.9 Å². The minimum absolute atomic E-state index is 0.712. The second-order valence-corrected chi connectivity index (χ2v) is 5.65. The number of hydrogen-bond donors (Lipinski definition) is 0. The van der Waals surface area contributed by atoms with Crippen molar-refractivity contribution in [3.8, 4) is 0 Å². The first kappa shape index (κ1) is 15.3. The molecule has 0 aliphatic carbocycles. The van der Waals surface area contributed by atoms with Gasteiger partial charge in [-0.25, -0.2) is 4.31 Å². The van der Waals surface area contributed by atoms with Gasteiger partial charge in [0, 0.05) is 18.0 Å². The predicted octanol–water partition coefficient (Wildman–Crippen LogP) is 5.01. The van der Waals surface area contributed by atoms with E-state index < -0.39 is 0 Å². The van der Waals surface area contributed by atoms with E-state index in [-0.39, 0.29) is 0 Å². The molecule has 0 atom stereocenters. The maximum Gasteiger partial charge on any atom is 0.0276 e. The fourth-order valence-electron chi connectivity index (χ4n) is 1.90. The molecule has 1 aromatic rings. The first-order valence-corrected chi connectivity index (χ1v) is 7.70. The molecular weight excluding hydrogens is 238 g/mol. The van der Waals surface area contributed by atoms with Gasteiger partial charge in [0.05, 0.1) is 0 Å². The summed E-state index contributed by atoms with van der Waals surface area (Å²) in [6.45, 7) is 10.8. The third-order valence-electron chi connectivity index (χ3n) is 2.93. The van der Waals surface area contributed by atoms with Crippen molar-refractivity contribution in [1.82, 2.24) is 4.31 Å². The smallest absolute Gasteiger partial charge is 0.0276 e. The van der Waals surface area contributed by atoms with E-state index in [0.717, 1.165) is 6.54 Å². The summed E-state index contributed by atoms with van der Waals surface area (Å²) < 4.78 is 2.43. The summed E-state index contributed by atoms with van der Waals surface area (Å²) in [5.41, 5.74) is 1.62. The Hall–Kier alpha value is -0.730. The van der Waals surface area contributed by atoms with E-state index >= 15 is 0 Å². The third kappa shape index (κ3) is 4.87. The fourth-order valence-corrected chi connectivity index (χ4v) is 2.81. The van der Waals surface area contributed by atoms with Gasteiger partial charge < -0.3 is 0 Å². The highest BCUT2D eigenvalue weighted by Crippen LogP contribution is 2.27. The van der Waals surface area contributed by atoms with Crippen LogP contribution in [-0.2, 0) is 0 Å². The summed E-state index contributed by atoms with van der Waals surface area (Å²) in [7, 11) is 0. The molecule has 18 heavy (non-hydrogen) atoms. The largest absolute Gasteiger partial charge is 0.242 e. The molecule has 1 nitrogen and oxygen atoms in total. The van der Waals surface area contributed by atoms with Gasteiger partial charge in [0.25, 0.3) is 0 Å². The van der Waals surface area contributed by atoms with Crippen molar-refractivity contribution < 1.29 is 0 Å². The normalized spacial score (nSPS) is 15.9.